The minimum absolute atomic E-state index is 0.238. The van der Waals surface area contributed by atoms with E-state index < -0.39 is 0 Å². The molecular weight excluding hydrogens is 148 g/mol. The highest BCUT2D eigenvalue weighted by molar-refractivity contribution is 5.79. The molecule has 0 N–H and O–H groups in total. The molecule has 0 aromatic heterocycles. The highest BCUT2D eigenvalue weighted by atomic mass is 16.1. The summed E-state index contributed by atoms with van der Waals surface area (Å²) in [7, 11) is 0. The highest BCUT2D eigenvalue weighted by Crippen LogP contribution is 2.47. The van der Waals surface area contributed by atoms with Crippen molar-refractivity contribution in [2.75, 3.05) is 0 Å². The first-order chi connectivity index (χ1) is 5.35. The summed E-state index contributed by atoms with van der Waals surface area (Å²) in [5.41, 5.74) is 0.505. The van der Waals surface area contributed by atoms with Gasteiger partial charge in [0.15, 0.2) is 0 Å². The van der Waals surface area contributed by atoms with Gasteiger partial charge in [-0.3, -0.25) is 4.79 Å². The van der Waals surface area contributed by atoms with Crippen LogP contribution in [-0.2, 0) is 4.79 Å². The summed E-state index contributed by atoms with van der Waals surface area (Å²) in [4.78, 5) is 11.3. The molecule has 1 fully saturated rings. The second-order valence-electron chi connectivity index (χ2n) is 5.38. The summed E-state index contributed by atoms with van der Waals surface area (Å²) in [6, 6.07) is 0. The molecule has 1 rings (SSSR count). The van der Waals surface area contributed by atoms with E-state index in [4.69, 9.17) is 0 Å². The summed E-state index contributed by atoms with van der Waals surface area (Å²) in [6.45, 7) is 8.98. The van der Waals surface area contributed by atoms with Crippen LogP contribution in [-0.4, -0.2) is 5.78 Å². The van der Waals surface area contributed by atoms with Gasteiger partial charge in [-0.1, -0.05) is 27.7 Å². The van der Waals surface area contributed by atoms with Crippen molar-refractivity contribution in [1.82, 2.24) is 0 Å². The van der Waals surface area contributed by atoms with Gasteiger partial charge in [0.2, 0.25) is 0 Å². The molecule has 12 heavy (non-hydrogen) atoms. The lowest BCUT2D eigenvalue weighted by molar-refractivity contribution is -0.126. The Labute approximate surface area is 75.5 Å². The van der Waals surface area contributed by atoms with Gasteiger partial charge >= 0.3 is 0 Å². The molecule has 0 heterocycles. The average molecular weight is 168 g/mol. The normalized spacial score (nSPS) is 32.2. The molecule has 1 aliphatic rings. The van der Waals surface area contributed by atoms with Crippen molar-refractivity contribution < 1.29 is 4.79 Å². The molecule has 1 aliphatic carbocycles. The molecule has 0 radical (unpaired) electrons. The maximum absolute atomic E-state index is 11.3. The lowest BCUT2D eigenvalue weighted by Gasteiger charge is -2.44. The van der Waals surface area contributed by atoms with Crippen LogP contribution in [0.1, 0.15) is 53.4 Å². The lowest BCUT2D eigenvalue weighted by atomic mass is 9.60. The fraction of sp³-hybridized carbons (Fsp3) is 0.909. The van der Waals surface area contributed by atoms with E-state index in [0.717, 1.165) is 19.3 Å². The Hall–Kier alpha value is -0.330. The summed E-state index contributed by atoms with van der Waals surface area (Å²) in [5.74, 6) is 0.457. The number of hydrogen-bond acceptors (Lipinski definition) is 1. The number of Topliss-reactive ketones (excluding diaryl/α,β-unsaturated/α-hetero) is 1. The standard InChI is InChI=1S/C11H20O/c1-10(2,3)11(4)7-5-6-9(12)8-11/h5-8H2,1-4H3/t11-/m0/s1. The van der Waals surface area contributed by atoms with Gasteiger partial charge in [0, 0.05) is 12.8 Å². The molecule has 70 valence electrons. The highest BCUT2D eigenvalue weighted by Gasteiger charge is 2.40. The van der Waals surface area contributed by atoms with E-state index in [1.165, 1.54) is 6.42 Å². The monoisotopic (exact) mass is 168 g/mol. The first kappa shape index (κ1) is 9.76. The largest absolute Gasteiger partial charge is 0.300 e. The number of ketones is 1. The molecule has 0 unspecified atom stereocenters. The van der Waals surface area contributed by atoms with Crippen LogP contribution in [0.4, 0.5) is 0 Å². The zero-order chi connectivity index (χ0) is 9.41. The molecule has 0 aliphatic heterocycles. The van der Waals surface area contributed by atoms with Gasteiger partial charge in [0.25, 0.3) is 0 Å². The summed E-state index contributed by atoms with van der Waals surface area (Å²) in [5, 5.41) is 0. The Morgan fingerprint density at radius 1 is 1.33 bits per heavy atom. The third-order valence-corrected chi connectivity index (χ3v) is 3.58. The maximum Gasteiger partial charge on any atom is 0.133 e. The van der Waals surface area contributed by atoms with E-state index in [9.17, 15) is 4.79 Å². The summed E-state index contributed by atoms with van der Waals surface area (Å²) < 4.78 is 0. The van der Waals surface area contributed by atoms with E-state index in [0.29, 0.717) is 5.78 Å². The lowest BCUT2D eigenvalue weighted by Crippen LogP contribution is -2.37. The second kappa shape index (κ2) is 2.86. The van der Waals surface area contributed by atoms with Crippen LogP contribution in [0, 0.1) is 10.8 Å². The molecule has 1 heteroatoms. The van der Waals surface area contributed by atoms with Crippen molar-refractivity contribution in [2.24, 2.45) is 10.8 Å². The number of carbonyl (C=O) groups excluding carboxylic acids is 1. The fourth-order valence-electron chi connectivity index (χ4n) is 1.93. The minimum Gasteiger partial charge on any atom is -0.300 e. The Kier molecular flexibility index (Phi) is 2.33. The van der Waals surface area contributed by atoms with E-state index in [1.54, 1.807) is 0 Å². The molecule has 0 bridgehead atoms. The van der Waals surface area contributed by atoms with Crippen molar-refractivity contribution >= 4 is 5.78 Å². The smallest absolute Gasteiger partial charge is 0.133 e. The van der Waals surface area contributed by atoms with Crippen LogP contribution in [0.3, 0.4) is 0 Å². The van der Waals surface area contributed by atoms with Crippen molar-refractivity contribution in [1.29, 1.82) is 0 Å². The molecule has 0 spiro atoms. The van der Waals surface area contributed by atoms with Crippen LogP contribution in [0.25, 0.3) is 0 Å². The zero-order valence-corrected chi connectivity index (χ0v) is 8.74. The molecule has 1 nitrogen and oxygen atoms in total. The molecule has 0 amide bonds. The summed E-state index contributed by atoms with van der Waals surface area (Å²) >= 11 is 0. The molecule has 1 saturated carbocycles. The van der Waals surface area contributed by atoms with Crippen LogP contribution in [0.2, 0.25) is 0 Å². The number of hydrogen-bond donors (Lipinski definition) is 0. The SMILES string of the molecule is CC(C)(C)[C@@]1(C)CCCC(=O)C1. The van der Waals surface area contributed by atoms with Crippen molar-refractivity contribution in [3.05, 3.63) is 0 Å². The van der Waals surface area contributed by atoms with Gasteiger partial charge in [-0.2, -0.15) is 0 Å². The molecule has 0 aromatic carbocycles. The van der Waals surface area contributed by atoms with Gasteiger partial charge in [0.1, 0.15) is 5.78 Å². The third-order valence-electron chi connectivity index (χ3n) is 3.58. The predicted octanol–water partition coefficient (Wildman–Crippen LogP) is 3.18. The first-order valence-corrected chi connectivity index (χ1v) is 4.87. The van der Waals surface area contributed by atoms with Crippen molar-refractivity contribution in [2.45, 2.75) is 53.4 Å². The van der Waals surface area contributed by atoms with Crippen LogP contribution in [0.5, 0.6) is 0 Å². The molecule has 1 atom stereocenters. The molecule has 0 saturated heterocycles. The third kappa shape index (κ3) is 1.70. The van der Waals surface area contributed by atoms with Crippen molar-refractivity contribution in [3.63, 3.8) is 0 Å². The van der Waals surface area contributed by atoms with Crippen LogP contribution < -0.4 is 0 Å². The quantitative estimate of drug-likeness (QED) is 0.543. The Balaban J connectivity index is 2.77. The second-order valence-corrected chi connectivity index (χ2v) is 5.38. The van der Waals surface area contributed by atoms with Crippen molar-refractivity contribution in [3.8, 4) is 0 Å². The van der Waals surface area contributed by atoms with E-state index in [2.05, 4.69) is 27.7 Å². The topological polar surface area (TPSA) is 17.1 Å². The number of carbonyl (C=O) groups is 1. The maximum atomic E-state index is 11.3. The Morgan fingerprint density at radius 2 is 1.92 bits per heavy atom. The van der Waals surface area contributed by atoms with E-state index >= 15 is 0 Å². The van der Waals surface area contributed by atoms with Gasteiger partial charge < -0.3 is 0 Å². The molecular formula is C11H20O. The number of rotatable bonds is 0. The Bertz CT molecular complexity index is 188. The molecule has 0 aromatic rings. The Morgan fingerprint density at radius 3 is 2.25 bits per heavy atom. The van der Waals surface area contributed by atoms with E-state index in [1.807, 2.05) is 0 Å². The van der Waals surface area contributed by atoms with Crippen LogP contribution in [0.15, 0.2) is 0 Å². The van der Waals surface area contributed by atoms with Gasteiger partial charge in [-0.15, -0.1) is 0 Å². The predicted molar refractivity (Wildman–Crippen MR) is 51.0 cm³/mol. The zero-order valence-electron chi connectivity index (χ0n) is 8.74. The summed E-state index contributed by atoms with van der Waals surface area (Å²) in [6.07, 6.45) is 3.90. The van der Waals surface area contributed by atoms with Gasteiger partial charge in [-0.05, 0) is 23.7 Å². The van der Waals surface area contributed by atoms with Crippen LogP contribution >= 0.6 is 0 Å². The van der Waals surface area contributed by atoms with Gasteiger partial charge in [-0.25, -0.2) is 0 Å². The van der Waals surface area contributed by atoms with Gasteiger partial charge in [0.05, 0.1) is 0 Å². The van der Waals surface area contributed by atoms with E-state index in [-0.39, 0.29) is 10.8 Å². The average Bonchev–Trinajstić information content (AvgIpc) is 1.83. The first-order valence-electron chi connectivity index (χ1n) is 4.87. The fourth-order valence-corrected chi connectivity index (χ4v) is 1.93. The minimum atomic E-state index is 0.238.